The molecule has 0 saturated heterocycles. The second kappa shape index (κ2) is 6.43. The Balaban J connectivity index is 3.96. The van der Waals surface area contributed by atoms with E-state index in [0.717, 1.165) is 25.9 Å². The number of rotatable bonds is 7. The molecule has 4 nitrogen and oxygen atoms in total. The van der Waals surface area contributed by atoms with Gasteiger partial charge in [-0.2, -0.15) is 0 Å². The molecule has 0 fully saturated rings. The smallest absolute Gasteiger partial charge is 0.0675 e. The van der Waals surface area contributed by atoms with E-state index in [2.05, 4.69) is 30.8 Å². The van der Waals surface area contributed by atoms with E-state index in [1.807, 2.05) is 14.1 Å². The Morgan fingerprint density at radius 1 is 1.00 bits per heavy atom. The molecule has 0 radical (unpaired) electrons. The zero-order valence-corrected chi connectivity index (χ0v) is 11.0. The van der Waals surface area contributed by atoms with E-state index in [4.69, 9.17) is 11.5 Å². The van der Waals surface area contributed by atoms with Gasteiger partial charge in [-0.3, -0.25) is 0 Å². The van der Waals surface area contributed by atoms with Crippen LogP contribution in [0, 0.1) is 5.92 Å². The summed E-state index contributed by atoms with van der Waals surface area (Å²) in [4.78, 5) is 4.28. The van der Waals surface area contributed by atoms with Crippen molar-refractivity contribution in [1.29, 1.82) is 0 Å². The van der Waals surface area contributed by atoms with Crippen LogP contribution in [0.3, 0.4) is 0 Å². The summed E-state index contributed by atoms with van der Waals surface area (Å²) in [5.74, 6) is 0.347. The molecule has 92 valence electrons. The Labute approximate surface area is 94.6 Å². The molecule has 0 aromatic rings. The predicted octanol–water partition coefficient (Wildman–Crippen LogP) is 0.140. The van der Waals surface area contributed by atoms with E-state index < -0.39 is 5.66 Å². The van der Waals surface area contributed by atoms with Crippen molar-refractivity contribution in [3.8, 4) is 0 Å². The van der Waals surface area contributed by atoms with Crippen LogP contribution in [0.4, 0.5) is 0 Å². The summed E-state index contributed by atoms with van der Waals surface area (Å²) in [5.41, 5.74) is 11.7. The number of nitrogens with zero attached hydrogens (tertiary/aromatic N) is 2. The molecule has 4 N–H and O–H groups in total. The topological polar surface area (TPSA) is 58.5 Å². The molecular formula is C11H28N4. The summed E-state index contributed by atoms with van der Waals surface area (Å²) >= 11 is 0. The van der Waals surface area contributed by atoms with Gasteiger partial charge in [-0.1, -0.05) is 6.92 Å². The van der Waals surface area contributed by atoms with E-state index in [-0.39, 0.29) is 0 Å². The standard InChI is InChI=1S/C11H28N4/c1-10(6-8-14(2)3)11(12,13)7-9-15(4)5/h10H,6-9,12-13H2,1-5H3. The summed E-state index contributed by atoms with van der Waals surface area (Å²) in [6, 6.07) is 0. The number of hydrogen-bond acceptors (Lipinski definition) is 4. The summed E-state index contributed by atoms with van der Waals surface area (Å²) in [7, 11) is 8.23. The Kier molecular flexibility index (Phi) is 6.36. The van der Waals surface area contributed by atoms with Crippen LogP contribution in [0.25, 0.3) is 0 Å². The van der Waals surface area contributed by atoms with Crippen molar-refractivity contribution in [2.45, 2.75) is 25.4 Å². The van der Waals surface area contributed by atoms with E-state index in [1.54, 1.807) is 0 Å². The van der Waals surface area contributed by atoms with Gasteiger partial charge >= 0.3 is 0 Å². The van der Waals surface area contributed by atoms with Crippen molar-refractivity contribution < 1.29 is 0 Å². The minimum Gasteiger partial charge on any atom is -0.313 e. The molecule has 4 heteroatoms. The lowest BCUT2D eigenvalue weighted by Crippen LogP contribution is -2.56. The Bertz CT molecular complexity index is 166. The molecule has 0 spiro atoms. The van der Waals surface area contributed by atoms with Gasteiger partial charge in [0.2, 0.25) is 0 Å². The first-order chi connectivity index (χ1) is 6.75. The molecule has 0 saturated carbocycles. The van der Waals surface area contributed by atoms with Gasteiger partial charge in [0.15, 0.2) is 0 Å². The quantitative estimate of drug-likeness (QED) is 0.594. The fraction of sp³-hybridized carbons (Fsp3) is 1.00. The van der Waals surface area contributed by atoms with Crippen molar-refractivity contribution in [2.24, 2.45) is 17.4 Å². The van der Waals surface area contributed by atoms with Crippen LogP contribution >= 0.6 is 0 Å². The van der Waals surface area contributed by atoms with Gasteiger partial charge in [0, 0.05) is 6.54 Å². The average molecular weight is 216 g/mol. The van der Waals surface area contributed by atoms with Crippen LogP contribution in [0.1, 0.15) is 19.8 Å². The maximum atomic E-state index is 6.13. The van der Waals surface area contributed by atoms with Crippen LogP contribution in [-0.4, -0.2) is 56.7 Å². The zero-order valence-electron chi connectivity index (χ0n) is 11.0. The first-order valence-corrected chi connectivity index (χ1v) is 5.63. The second-order valence-electron chi connectivity index (χ2n) is 5.16. The minimum atomic E-state index is -0.541. The zero-order chi connectivity index (χ0) is 12.1. The van der Waals surface area contributed by atoms with E-state index in [9.17, 15) is 0 Å². The van der Waals surface area contributed by atoms with Crippen molar-refractivity contribution in [2.75, 3.05) is 41.3 Å². The second-order valence-corrected chi connectivity index (χ2v) is 5.16. The lowest BCUT2D eigenvalue weighted by molar-refractivity contribution is 0.218. The van der Waals surface area contributed by atoms with Gasteiger partial charge in [0.25, 0.3) is 0 Å². The third kappa shape index (κ3) is 6.84. The third-order valence-electron chi connectivity index (χ3n) is 2.92. The van der Waals surface area contributed by atoms with Gasteiger partial charge < -0.3 is 21.3 Å². The SMILES string of the molecule is CC(CCN(C)C)C(N)(N)CCN(C)C. The van der Waals surface area contributed by atoms with Gasteiger partial charge in [-0.15, -0.1) is 0 Å². The lowest BCUT2D eigenvalue weighted by Gasteiger charge is -2.33. The molecule has 1 atom stereocenters. The molecule has 0 rings (SSSR count). The van der Waals surface area contributed by atoms with Crippen LogP contribution in [0.2, 0.25) is 0 Å². The molecule has 0 amide bonds. The highest BCUT2D eigenvalue weighted by atomic mass is 15.1. The molecule has 0 bridgehead atoms. The molecule has 0 aromatic carbocycles. The average Bonchev–Trinajstić information content (AvgIpc) is 2.11. The van der Waals surface area contributed by atoms with Crippen LogP contribution in [0.5, 0.6) is 0 Å². The maximum absolute atomic E-state index is 6.13. The monoisotopic (exact) mass is 216 g/mol. The highest BCUT2D eigenvalue weighted by Crippen LogP contribution is 2.16. The summed E-state index contributed by atoms with van der Waals surface area (Å²) in [6.07, 6.45) is 1.89. The van der Waals surface area contributed by atoms with E-state index in [0.29, 0.717) is 5.92 Å². The molecule has 1 unspecified atom stereocenters. The van der Waals surface area contributed by atoms with Crippen molar-refractivity contribution >= 4 is 0 Å². The van der Waals surface area contributed by atoms with Crippen LogP contribution < -0.4 is 11.5 Å². The maximum Gasteiger partial charge on any atom is 0.0675 e. The van der Waals surface area contributed by atoms with Crippen molar-refractivity contribution in [1.82, 2.24) is 9.80 Å². The minimum absolute atomic E-state index is 0.347. The largest absolute Gasteiger partial charge is 0.313 e. The van der Waals surface area contributed by atoms with Gasteiger partial charge in [-0.05, 0) is 53.5 Å². The number of nitrogens with two attached hydrogens (primary N) is 2. The summed E-state index contributed by atoms with van der Waals surface area (Å²) in [6.45, 7) is 4.12. The van der Waals surface area contributed by atoms with Gasteiger partial charge in [0.1, 0.15) is 0 Å². The lowest BCUT2D eigenvalue weighted by atomic mass is 9.89. The highest BCUT2D eigenvalue weighted by Gasteiger charge is 2.26. The number of hydrogen-bond donors (Lipinski definition) is 2. The van der Waals surface area contributed by atoms with Crippen molar-refractivity contribution in [3.63, 3.8) is 0 Å². The fourth-order valence-corrected chi connectivity index (χ4v) is 1.38. The van der Waals surface area contributed by atoms with Crippen molar-refractivity contribution in [3.05, 3.63) is 0 Å². The normalized spacial score (nSPS) is 15.0. The first-order valence-electron chi connectivity index (χ1n) is 5.63. The van der Waals surface area contributed by atoms with Crippen LogP contribution in [-0.2, 0) is 0 Å². The third-order valence-corrected chi connectivity index (χ3v) is 2.92. The molecule has 0 aliphatic heterocycles. The molecular weight excluding hydrogens is 188 g/mol. The molecule has 15 heavy (non-hydrogen) atoms. The summed E-state index contributed by atoms with van der Waals surface area (Å²) < 4.78 is 0. The predicted molar refractivity (Wildman–Crippen MR) is 66.6 cm³/mol. The molecule has 0 aliphatic carbocycles. The summed E-state index contributed by atoms with van der Waals surface area (Å²) in [5, 5.41) is 0. The fourth-order valence-electron chi connectivity index (χ4n) is 1.38. The Morgan fingerprint density at radius 2 is 1.47 bits per heavy atom. The molecule has 0 heterocycles. The highest BCUT2D eigenvalue weighted by molar-refractivity contribution is 4.83. The van der Waals surface area contributed by atoms with E-state index in [1.165, 1.54) is 0 Å². The van der Waals surface area contributed by atoms with Crippen LogP contribution in [0.15, 0.2) is 0 Å². The molecule has 0 aliphatic rings. The Morgan fingerprint density at radius 3 is 1.87 bits per heavy atom. The van der Waals surface area contributed by atoms with Gasteiger partial charge in [-0.25, -0.2) is 0 Å². The first kappa shape index (κ1) is 14.8. The molecule has 0 aromatic heterocycles. The van der Waals surface area contributed by atoms with Gasteiger partial charge in [0.05, 0.1) is 5.66 Å². The van der Waals surface area contributed by atoms with E-state index >= 15 is 0 Å². The Hall–Kier alpha value is -0.160.